The van der Waals surface area contributed by atoms with Gasteiger partial charge in [-0.3, -0.25) is 4.79 Å². The first-order chi connectivity index (χ1) is 11.5. The number of hydrogen-bond acceptors (Lipinski definition) is 5. The standard InChI is InChI=1S/C17H21ClN4O2/c1-11-9-12(2)21-17(20-11)19-8-4-5-16(23)22-13-6-7-15(24-3)14(18)10-13/h6-7,9-10H,4-5,8H2,1-3H3,(H,22,23)(H,19,20,21). The topological polar surface area (TPSA) is 76.1 Å². The van der Waals surface area contributed by atoms with E-state index in [9.17, 15) is 4.79 Å². The fourth-order valence-corrected chi connectivity index (χ4v) is 2.48. The van der Waals surface area contributed by atoms with Crippen molar-refractivity contribution in [3.8, 4) is 5.75 Å². The highest BCUT2D eigenvalue weighted by Gasteiger charge is 2.06. The second-order valence-corrected chi connectivity index (χ2v) is 5.81. The summed E-state index contributed by atoms with van der Waals surface area (Å²) in [6, 6.07) is 7.06. The Balaban J connectivity index is 1.76. The molecule has 1 heterocycles. The maximum atomic E-state index is 12.0. The molecule has 7 heteroatoms. The molecule has 1 aromatic carbocycles. The highest BCUT2D eigenvalue weighted by atomic mass is 35.5. The predicted molar refractivity (Wildman–Crippen MR) is 95.9 cm³/mol. The van der Waals surface area contributed by atoms with Crippen molar-refractivity contribution in [3.63, 3.8) is 0 Å². The highest BCUT2D eigenvalue weighted by molar-refractivity contribution is 6.32. The van der Waals surface area contributed by atoms with Crippen LogP contribution in [0.2, 0.25) is 5.02 Å². The van der Waals surface area contributed by atoms with Crippen LogP contribution in [0.1, 0.15) is 24.2 Å². The summed E-state index contributed by atoms with van der Waals surface area (Å²) in [5.74, 6) is 1.10. The Morgan fingerprint density at radius 3 is 2.54 bits per heavy atom. The van der Waals surface area contributed by atoms with Crippen molar-refractivity contribution < 1.29 is 9.53 Å². The molecule has 0 atom stereocenters. The third-order valence-electron chi connectivity index (χ3n) is 3.28. The van der Waals surface area contributed by atoms with E-state index in [4.69, 9.17) is 16.3 Å². The third kappa shape index (κ3) is 5.38. The molecule has 0 saturated heterocycles. The van der Waals surface area contributed by atoms with E-state index in [-0.39, 0.29) is 5.91 Å². The Labute approximate surface area is 146 Å². The quantitative estimate of drug-likeness (QED) is 0.748. The average molecular weight is 349 g/mol. The lowest BCUT2D eigenvalue weighted by Gasteiger charge is -2.09. The minimum atomic E-state index is -0.0700. The molecule has 2 aromatic rings. The zero-order valence-corrected chi connectivity index (χ0v) is 14.8. The van der Waals surface area contributed by atoms with Gasteiger partial charge in [-0.1, -0.05) is 11.6 Å². The number of carbonyl (C=O) groups is 1. The molecule has 0 aliphatic rings. The largest absolute Gasteiger partial charge is 0.495 e. The summed E-state index contributed by atoms with van der Waals surface area (Å²) in [6.45, 7) is 4.47. The van der Waals surface area contributed by atoms with Crippen molar-refractivity contribution in [2.75, 3.05) is 24.3 Å². The fourth-order valence-electron chi connectivity index (χ4n) is 2.22. The first-order valence-corrected chi connectivity index (χ1v) is 8.05. The maximum Gasteiger partial charge on any atom is 0.224 e. The fraction of sp³-hybridized carbons (Fsp3) is 0.353. The van der Waals surface area contributed by atoms with Crippen molar-refractivity contribution in [2.45, 2.75) is 26.7 Å². The lowest BCUT2D eigenvalue weighted by molar-refractivity contribution is -0.116. The number of methoxy groups -OCH3 is 1. The summed E-state index contributed by atoms with van der Waals surface area (Å²) >= 11 is 6.03. The van der Waals surface area contributed by atoms with E-state index in [0.29, 0.717) is 41.8 Å². The van der Waals surface area contributed by atoms with Crippen LogP contribution in [0.15, 0.2) is 24.3 Å². The van der Waals surface area contributed by atoms with Gasteiger partial charge in [0.2, 0.25) is 11.9 Å². The minimum absolute atomic E-state index is 0.0700. The molecule has 6 nitrogen and oxygen atoms in total. The van der Waals surface area contributed by atoms with E-state index in [1.54, 1.807) is 25.3 Å². The molecular weight excluding hydrogens is 328 g/mol. The highest BCUT2D eigenvalue weighted by Crippen LogP contribution is 2.27. The van der Waals surface area contributed by atoms with Gasteiger partial charge in [0, 0.05) is 30.0 Å². The summed E-state index contributed by atoms with van der Waals surface area (Å²) in [6.07, 6.45) is 1.06. The third-order valence-corrected chi connectivity index (χ3v) is 3.58. The number of amides is 1. The van der Waals surface area contributed by atoms with Crippen molar-refractivity contribution in [1.82, 2.24) is 9.97 Å². The van der Waals surface area contributed by atoms with Crippen LogP contribution in [-0.2, 0) is 4.79 Å². The van der Waals surface area contributed by atoms with Crippen LogP contribution in [0.5, 0.6) is 5.75 Å². The van der Waals surface area contributed by atoms with Crippen molar-refractivity contribution in [3.05, 3.63) is 40.7 Å². The Kier molecular flexibility index (Phi) is 6.37. The van der Waals surface area contributed by atoms with E-state index < -0.39 is 0 Å². The number of halogens is 1. The zero-order chi connectivity index (χ0) is 17.5. The van der Waals surface area contributed by atoms with Crippen LogP contribution < -0.4 is 15.4 Å². The second kappa shape index (κ2) is 8.49. The maximum absolute atomic E-state index is 12.0. The number of aromatic nitrogens is 2. The molecule has 0 saturated carbocycles. The van der Waals surface area contributed by atoms with E-state index in [1.165, 1.54) is 0 Å². The van der Waals surface area contributed by atoms with Gasteiger partial charge in [-0.2, -0.15) is 0 Å². The summed E-state index contributed by atoms with van der Waals surface area (Å²) in [5.41, 5.74) is 2.48. The van der Waals surface area contributed by atoms with Gasteiger partial charge in [0.25, 0.3) is 0 Å². The normalized spacial score (nSPS) is 10.3. The molecule has 2 rings (SSSR count). The van der Waals surface area contributed by atoms with Gasteiger partial charge in [-0.25, -0.2) is 9.97 Å². The summed E-state index contributed by atoms with van der Waals surface area (Å²) in [4.78, 5) is 20.5. The lowest BCUT2D eigenvalue weighted by Crippen LogP contribution is -2.14. The summed E-state index contributed by atoms with van der Waals surface area (Å²) < 4.78 is 5.08. The molecule has 2 N–H and O–H groups in total. The van der Waals surface area contributed by atoms with E-state index in [1.807, 2.05) is 19.9 Å². The molecular formula is C17H21ClN4O2. The SMILES string of the molecule is COc1ccc(NC(=O)CCCNc2nc(C)cc(C)n2)cc1Cl. The molecule has 0 fully saturated rings. The number of anilines is 2. The van der Waals surface area contributed by atoms with E-state index in [0.717, 1.165) is 11.4 Å². The van der Waals surface area contributed by atoms with E-state index in [2.05, 4.69) is 20.6 Å². The molecule has 0 aliphatic carbocycles. The predicted octanol–water partition coefficient (Wildman–Crippen LogP) is 3.59. The van der Waals surface area contributed by atoms with Crippen LogP contribution in [0.4, 0.5) is 11.6 Å². The molecule has 0 aliphatic heterocycles. The number of nitrogens with zero attached hydrogens (tertiary/aromatic N) is 2. The zero-order valence-electron chi connectivity index (χ0n) is 14.0. The molecule has 128 valence electrons. The van der Waals surface area contributed by atoms with Crippen LogP contribution >= 0.6 is 11.6 Å². The van der Waals surface area contributed by atoms with Gasteiger partial charge < -0.3 is 15.4 Å². The number of aryl methyl sites for hydroxylation is 2. The number of rotatable bonds is 7. The number of ether oxygens (including phenoxy) is 1. The Morgan fingerprint density at radius 1 is 1.21 bits per heavy atom. The van der Waals surface area contributed by atoms with Gasteiger partial charge in [-0.05, 0) is 44.5 Å². The number of carbonyl (C=O) groups excluding carboxylic acids is 1. The molecule has 0 spiro atoms. The molecule has 0 unspecified atom stereocenters. The van der Waals surface area contributed by atoms with Crippen molar-refractivity contribution >= 4 is 29.1 Å². The Hall–Kier alpha value is -2.34. The number of benzene rings is 1. The van der Waals surface area contributed by atoms with Crippen LogP contribution in [0.3, 0.4) is 0 Å². The Morgan fingerprint density at radius 2 is 1.92 bits per heavy atom. The van der Waals surface area contributed by atoms with Crippen molar-refractivity contribution in [1.29, 1.82) is 0 Å². The smallest absolute Gasteiger partial charge is 0.224 e. The van der Waals surface area contributed by atoms with E-state index >= 15 is 0 Å². The molecule has 1 amide bonds. The first kappa shape index (κ1) is 18.0. The van der Waals surface area contributed by atoms with Gasteiger partial charge in [0.1, 0.15) is 5.75 Å². The van der Waals surface area contributed by atoms with Crippen LogP contribution in [-0.4, -0.2) is 29.5 Å². The molecule has 1 aromatic heterocycles. The van der Waals surface area contributed by atoms with Crippen LogP contribution in [0, 0.1) is 13.8 Å². The van der Waals surface area contributed by atoms with Gasteiger partial charge in [-0.15, -0.1) is 0 Å². The van der Waals surface area contributed by atoms with Crippen LogP contribution in [0.25, 0.3) is 0 Å². The number of nitrogens with one attached hydrogen (secondary N) is 2. The Bertz CT molecular complexity index is 701. The molecule has 24 heavy (non-hydrogen) atoms. The van der Waals surface area contributed by atoms with Gasteiger partial charge >= 0.3 is 0 Å². The molecule has 0 radical (unpaired) electrons. The minimum Gasteiger partial charge on any atom is -0.495 e. The van der Waals surface area contributed by atoms with Crippen molar-refractivity contribution in [2.24, 2.45) is 0 Å². The summed E-state index contributed by atoms with van der Waals surface area (Å²) in [5, 5.41) is 6.40. The molecule has 0 bridgehead atoms. The monoisotopic (exact) mass is 348 g/mol. The second-order valence-electron chi connectivity index (χ2n) is 5.40. The number of hydrogen-bond donors (Lipinski definition) is 2. The summed E-state index contributed by atoms with van der Waals surface area (Å²) in [7, 11) is 1.55. The average Bonchev–Trinajstić information content (AvgIpc) is 2.51. The lowest BCUT2D eigenvalue weighted by atomic mass is 10.2. The first-order valence-electron chi connectivity index (χ1n) is 7.67. The van der Waals surface area contributed by atoms with Gasteiger partial charge in [0.05, 0.1) is 12.1 Å². The van der Waals surface area contributed by atoms with Gasteiger partial charge in [0.15, 0.2) is 0 Å².